The van der Waals surface area contributed by atoms with Crippen LogP contribution in [0.15, 0.2) is 24.3 Å². The van der Waals surface area contributed by atoms with E-state index in [2.05, 4.69) is 12.2 Å². The quantitative estimate of drug-likeness (QED) is 0.133. The third-order valence-corrected chi connectivity index (χ3v) is 5.50. The van der Waals surface area contributed by atoms with Crippen molar-refractivity contribution in [2.75, 3.05) is 5.32 Å². The fourth-order valence-corrected chi connectivity index (χ4v) is 3.84. The first kappa shape index (κ1) is 25.0. The minimum Gasteiger partial charge on any atom is -0.481 e. The van der Waals surface area contributed by atoms with Crippen LogP contribution in [0.5, 0.6) is 0 Å². The van der Waals surface area contributed by atoms with Gasteiger partial charge in [0.15, 0.2) is 5.96 Å². The lowest BCUT2D eigenvalue weighted by atomic mass is 9.91. The molecule has 0 aromatic heterocycles. The van der Waals surface area contributed by atoms with Gasteiger partial charge in [-0.1, -0.05) is 109 Å². The summed E-state index contributed by atoms with van der Waals surface area (Å²) in [5.41, 5.74) is 6.74. The molecule has 0 aliphatic rings. The standard InChI is InChI=1S/C24H41N3O2/c1-2-3-4-5-6-7-8-9-10-11-12-13-14-18-21(23(28)29)20-17-15-16-19-22(20)27-24(25)26/h15-17,19,21H,2-14,18H2,1H3,(H,28,29)(H4,25,26,27). The Morgan fingerprint density at radius 2 is 1.41 bits per heavy atom. The van der Waals surface area contributed by atoms with Crippen LogP contribution in [0.25, 0.3) is 0 Å². The van der Waals surface area contributed by atoms with Crippen molar-refractivity contribution in [3.8, 4) is 0 Å². The third kappa shape index (κ3) is 11.5. The van der Waals surface area contributed by atoms with Crippen LogP contribution in [0.1, 0.15) is 108 Å². The lowest BCUT2D eigenvalue weighted by molar-refractivity contribution is -0.139. The van der Waals surface area contributed by atoms with Crippen LogP contribution in [-0.4, -0.2) is 17.0 Å². The Hall–Kier alpha value is -2.04. The molecule has 1 aromatic carbocycles. The molecule has 1 atom stereocenters. The van der Waals surface area contributed by atoms with Crippen molar-refractivity contribution < 1.29 is 9.90 Å². The van der Waals surface area contributed by atoms with E-state index in [1.807, 2.05) is 18.2 Å². The van der Waals surface area contributed by atoms with E-state index in [9.17, 15) is 9.90 Å². The average molecular weight is 404 g/mol. The first-order chi connectivity index (χ1) is 14.1. The number of hydrogen-bond acceptors (Lipinski definition) is 2. The van der Waals surface area contributed by atoms with Gasteiger partial charge in [0.1, 0.15) is 0 Å². The zero-order valence-corrected chi connectivity index (χ0v) is 18.2. The van der Waals surface area contributed by atoms with Gasteiger partial charge in [-0.15, -0.1) is 0 Å². The van der Waals surface area contributed by atoms with Gasteiger partial charge in [-0.3, -0.25) is 10.2 Å². The molecular weight excluding hydrogens is 362 g/mol. The molecule has 1 aromatic rings. The topological polar surface area (TPSA) is 99.2 Å². The van der Waals surface area contributed by atoms with Gasteiger partial charge in [-0.2, -0.15) is 0 Å². The lowest BCUT2D eigenvalue weighted by Crippen LogP contribution is -2.23. The van der Waals surface area contributed by atoms with Crippen LogP contribution in [0.3, 0.4) is 0 Å². The average Bonchev–Trinajstić information content (AvgIpc) is 2.68. The van der Waals surface area contributed by atoms with Gasteiger partial charge < -0.3 is 16.2 Å². The van der Waals surface area contributed by atoms with Gasteiger partial charge in [0.25, 0.3) is 0 Å². The van der Waals surface area contributed by atoms with Crippen molar-refractivity contribution in [2.24, 2.45) is 5.73 Å². The predicted molar refractivity (Wildman–Crippen MR) is 123 cm³/mol. The first-order valence-corrected chi connectivity index (χ1v) is 11.5. The Morgan fingerprint density at radius 3 is 1.90 bits per heavy atom. The molecule has 1 unspecified atom stereocenters. The highest BCUT2D eigenvalue weighted by Crippen LogP contribution is 2.29. The normalized spacial score (nSPS) is 11.9. The molecule has 0 saturated heterocycles. The molecule has 0 saturated carbocycles. The molecule has 0 bridgehead atoms. The number of para-hydroxylation sites is 1. The first-order valence-electron chi connectivity index (χ1n) is 11.5. The number of nitrogens with one attached hydrogen (secondary N) is 2. The molecule has 29 heavy (non-hydrogen) atoms. The van der Waals surface area contributed by atoms with Crippen LogP contribution in [0.2, 0.25) is 0 Å². The van der Waals surface area contributed by atoms with E-state index in [-0.39, 0.29) is 5.96 Å². The van der Waals surface area contributed by atoms with E-state index in [1.165, 1.54) is 70.6 Å². The van der Waals surface area contributed by atoms with Crippen molar-refractivity contribution in [2.45, 2.75) is 103 Å². The fourth-order valence-electron chi connectivity index (χ4n) is 3.84. The summed E-state index contributed by atoms with van der Waals surface area (Å²) in [6, 6.07) is 7.24. The maximum atomic E-state index is 11.8. The highest BCUT2D eigenvalue weighted by molar-refractivity contribution is 5.92. The minimum atomic E-state index is -0.818. The second-order valence-electron chi connectivity index (χ2n) is 8.05. The van der Waals surface area contributed by atoms with E-state index in [0.29, 0.717) is 17.7 Å². The molecule has 5 N–H and O–H groups in total. The molecule has 0 aliphatic heterocycles. The van der Waals surface area contributed by atoms with E-state index in [1.54, 1.807) is 6.07 Å². The molecule has 5 nitrogen and oxygen atoms in total. The van der Waals surface area contributed by atoms with Crippen molar-refractivity contribution in [1.29, 1.82) is 5.41 Å². The smallest absolute Gasteiger partial charge is 0.311 e. The van der Waals surface area contributed by atoms with Crippen LogP contribution in [0.4, 0.5) is 5.69 Å². The SMILES string of the molecule is CCCCCCCCCCCCCCCC(C(=O)O)c1ccccc1NC(=N)N. The number of carbonyl (C=O) groups is 1. The summed E-state index contributed by atoms with van der Waals surface area (Å²) in [6.07, 6.45) is 17.2. The molecule has 5 heteroatoms. The Labute approximate surface area is 177 Å². The number of guanidine groups is 1. The molecule has 164 valence electrons. The van der Waals surface area contributed by atoms with E-state index in [0.717, 1.165) is 12.8 Å². The molecule has 0 aliphatic carbocycles. The number of unbranched alkanes of at least 4 members (excludes halogenated alkanes) is 12. The molecule has 0 fully saturated rings. The second kappa shape index (κ2) is 15.8. The van der Waals surface area contributed by atoms with E-state index < -0.39 is 11.9 Å². The van der Waals surface area contributed by atoms with Crippen molar-refractivity contribution in [1.82, 2.24) is 0 Å². The maximum absolute atomic E-state index is 11.8. The summed E-state index contributed by atoms with van der Waals surface area (Å²) in [6.45, 7) is 2.26. The molecular formula is C24H41N3O2. The maximum Gasteiger partial charge on any atom is 0.311 e. The summed E-state index contributed by atoms with van der Waals surface area (Å²) in [4.78, 5) is 11.8. The Morgan fingerprint density at radius 1 is 0.931 bits per heavy atom. The number of carboxylic acids is 1. The van der Waals surface area contributed by atoms with Crippen molar-refractivity contribution in [3.63, 3.8) is 0 Å². The van der Waals surface area contributed by atoms with Gasteiger partial charge in [0, 0.05) is 5.69 Å². The predicted octanol–water partition coefficient (Wildman–Crippen LogP) is 6.64. The molecule has 0 radical (unpaired) electrons. The van der Waals surface area contributed by atoms with E-state index in [4.69, 9.17) is 11.1 Å². The molecule has 0 amide bonds. The molecule has 1 rings (SSSR count). The zero-order valence-electron chi connectivity index (χ0n) is 18.2. The number of nitrogens with two attached hydrogens (primary N) is 1. The van der Waals surface area contributed by atoms with Gasteiger partial charge >= 0.3 is 5.97 Å². The Kier molecular flexibility index (Phi) is 13.6. The zero-order chi connectivity index (χ0) is 21.3. The summed E-state index contributed by atoms with van der Waals surface area (Å²) >= 11 is 0. The highest BCUT2D eigenvalue weighted by Gasteiger charge is 2.22. The van der Waals surface area contributed by atoms with Gasteiger partial charge in [-0.05, 0) is 18.1 Å². The van der Waals surface area contributed by atoms with Crippen LogP contribution < -0.4 is 11.1 Å². The van der Waals surface area contributed by atoms with E-state index >= 15 is 0 Å². The summed E-state index contributed by atoms with van der Waals surface area (Å²) < 4.78 is 0. The van der Waals surface area contributed by atoms with Crippen LogP contribution in [0, 0.1) is 5.41 Å². The largest absolute Gasteiger partial charge is 0.481 e. The van der Waals surface area contributed by atoms with Gasteiger partial charge in [0.05, 0.1) is 5.92 Å². The fraction of sp³-hybridized carbons (Fsp3) is 0.667. The van der Waals surface area contributed by atoms with Crippen LogP contribution in [-0.2, 0) is 4.79 Å². The summed E-state index contributed by atoms with van der Waals surface area (Å²) in [5.74, 6) is -1.56. The number of rotatable bonds is 17. The number of hydrogen-bond donors (Lipinski definition) is 4. The van der Waals surface area contributed by atoms with Crippen molar-refractivity contribution >= 4 is 17.6 Å². The number of carboxylic acid groups (broad SMARTS) is 1. The molecule has 0 spiro atoms. The molecule has 0 heterocycles. The third-order valence-electron chi connectivity index (χ3n) is 5.50. The second-order valence-corrected chi connectivity index (χ2v) is 8.05. The lowest BCUT2D eigenvalue weighted by Gasteiger charge is -2.17. The Balaban J connectivity index is 2.20. The van der Waals surface area contributed by atoms with Crippen LogP contribution >= 0.6 is 0 Å². The van der Waals surface area contributed by atoms with Gasteiger partial charge in [-0.25, -0.2) is 0 Å². The summed E-state index contributed by atoms with van der Waals surface area (Å²) in [7, 11) is 0. The highest BCUT2D eigenvalue weighted by atomic mass is 16.4. The minimum absolute atomic E-state index is 0.178. The number of anilines is 1. The summed E-state index contributed by atoms with van der Waals surface area (Å²) in [5, 5.41) is 19.8. The monoisotopic (exact) mass is 403 g/mol. The number of benzene rings is 1. The van der Waals surface area contributed by atoms with Gasteiger partial charge in [0.2, 0.25) is 0 Å². The Bertz CT molecular complexity index is 589. The van der Waals surface area contributed by atoms with Crippen molar-refractivity contribution in [3.05, 3.63) is 29.8 Å². The number of aliphatic carboxylic acids is 1.